The predicted molar refractivity (Wildman–Crippen MR) is 50.4 cm³/mol. The Morgan fingerprint density at radius 1 is 1.67 bits per heavy atom. The fourth-order valence-corrected chi connectivity index (χ4v) is 1.66. The lowest BCUT2D eigenvalue weighted by Crippen LogP contribution is -2.28. The summed E-state index contributed by atoms with van der Waals surface area (Å²) in [6.45, 7) is 5.33. The van der Waals surface area contributed by atoms with Crippen molar-refractivity contribution in [2.24, 2.45) is 0 Å². The maximum Gasteiger partial charge on any atom is 0.132 e. The lowest BCUT2D eigenvalue weighted by atomic mass is 10.2. The Balaban J connectivity index is 2.43. The first kappa shape index (κ1) is 6.46. The number of nitrogens with zero attached hydrogens (tertiary/aromatic N) is 2. The molecule has 0 aromatic carbocycles. The first-order valence-electron chi connectivity index (χ1n) is 4.91. The van der Waals surface area contributed by atoms with E-state index < -0.39 is 0 Å². The molecule has 2 nitrogen and oxygen atoms in total. The van der Waals surface area contributed by atoms with Gasteiger partial charge in [-0.1, -0.05) is 6.04 Å². The third-order valence-electron chi connectivity index (χ3n) is 2.30. The van der Waals surface area contributed by atoms with Gasteiger partial charge in [0.2, 0.25) is 0 Å². The van der Waals surface area contributed by atoms with Crippen LogP contribution in [0.5, 0.6) is 0 Å². The molecular formula is C10H14N2. The summed E-state index contributed by atoms with van der Waals surface area (Å²) in [7, 11) is 0. The molecule has 0 atom stereocenters. The Morgan fingerprint density at radius 3 is 3.25 bits per heavy atom. The molecule has 2 heterocycles. The number of pyridine rings is 1. The molecule has 0 radical (unpaired) electrons. The highest BCUT2D eigenvalue weighted by Crippen LogP contribution is 2.26. The summed E-state index contributed by atoms with van der Waals surface area (Å²) >= 11 is 0. The molecule has 64 valence electrons. The first-order chi connectivity index (χ1) is 6.20. The molecule has 0 spiro atoms. The molecule has 1 aliphatic heterocycles. The van der Waals surface area contributed by atoms with E-state index in [1.165, 1.54) is 0 Å². The standard InChI is InChI=1S/C10H14N2/c1-8(2)12-7-5-9-4-3-6-11-10(9)12/h3-4,6,8H,5,7H2,1-2H3/i4T. The van der Waals surface area contributed by atoms with Crippen LogP contribution < -0.4 is 4.90 Å². The molecule has 2 heteroatoms. The average molecular weight is 164 g/mol. The van der Waals surface area contributed by atoms with Crippen LogP contribution in [0.3, 0.4) is 0 Å². The van der Waals surface area contributed by atoms with Gasteiger partial charge in [0.25, 0.3) is 0 Å². The zero-order valence-corrected chi connectivity index (χ0v) is 7.54. The smallest absolute Gasteiger partial charge is 0.132 e. The van der Waals surface area contributed by atoms with Crippen molar-refractivity contribution in [3.05, 3.63) is 23.9 Å². The summed E-state index contributed by atoms with van der Waals surface area (Å²) in [5, 5.41) is 0. The van der Waals surface area contributed by atoms with Gasteiger partial charge in [-0.05, 0) is 31.9 Å². The monoisotopic (exact) mass is 164 g/mol. The van der Waals surface area contributed by atoms with Gasteiger partial charge in [0, 0.05) is 18.8 Å². The van der Waals surface area contributed by atoms with Crippen molar-refractivity contribution in [1.82, 2.24) is 4.98 Å². The minimum atomic E-state index is 0.482. The summed E-state index contributed by atoms with van der Waals surface area (Å²) in [5.41, 5.74) is 1.11. The van der Waals surface area contributed by atoms with Crippen LogP contribution in [0, 0.1) is 0 Å². The Hall–Kier alpha value is -1.05. The molecule has 2 rings (SSSR count). The second-order valence-corrected chi connectivity index (χ2v) is 3.43. The zero-order valence-electron chi connectivity index (χ0n) is 8.54. The number of hydrogen-bond acceptors (Lipinski definition) is 2. The van der Waals surface area contributed by atoms with E-state index in [0.29, 0.717) is 12.1 Å². The molecule has 0 N–H and O–H groups in total. The second kappa shape index (κ2) is 2.77. The van der Waals surface area contributed by atoms with Crippen molar-refractivity contribution >= 4 is 5.82 Å². The summed E-state index contributed by atoms with van der Waals surface area (Å²) in [4.78, 5) is 6.59. The van der Waals surface area contributed by atoms with Gasteiger partial charge in [-0.15, -0.1) is 0 Å². The molecule has 1 aromatic heterocycles. The van der Waals surface area contributed by atoms with Crippen LogP contribution in [0.25, 0.3) is 0 Å². The van der Waals surface area contributed by atoms with Gasteiger partial charge in [-0.25, -0.2) is 4.98 Å². The molecule has 12 heavy (non-hydrogen) atoms. The van der Waals surface area contributed by atoms with Gasteiger partial charge >= 0.3 is 0 Å². The van der Waals surface area contributed by atoms with Crippen molar-refractivity contribution in [3.63, 3.8) is 0 Å². The molecule has 0 saturated carbocycles. The SMILES string of the molecule is [3H]c1ccnc2c1CCN2C(C)C. The van der Waals surface area contributed by atoms with Crippen LogP contribution in [-0.4, -0.2) is 17.6 Å². The van der Waals surface area contributed by atoms with Gasteiger partial charge in [0.15, 0.2) is 0 Å². The Labute approximate surface area is 74.6 Å². The summed E-state index contributed by atoms with van der Waals surface area (Å²) in [6, 6.07) is 2.88. The third-order valence-corrected chi connectivity index (χ3v) is 2.30. The molecule has 0 bridgehead atoms. The zero-order chi connectivity index (χ0) is 9.42. The van der Waals surface area contributed by atoms with E-state index in [4.69, 9.17) is 1.37 Å². The van der Waals surface area contributed by atoms with Crippen LogP contribution in [-0.2, 0) is 6.42 Å². The summed E-state index contributed by atoms with van der Waals surface area (Å²) in [6.07, 6.45) is 2.70. The number of aromatic nitrogens is 1. The number of anilines is 1. The topological polar surface area (TPSA) is 16.1 Å². The Morgan fingerprint density at radius 2 is 2.50 bits per heavy atom. The lowest BCUT2D eigenvalue weighted by Gasteiger charge is -2.22. The molecule has 1 aromatic rings. The maximum atomic E-state index is 7.72. The van der Waals surface area contributed by atoms with E-state index >= 15 is 0 Å². The largest absolute Gasteiger partial charge is 0.354 e. The number of fused-ring (bicyclic) bond motifs is 1. The fraction of sp³-hybridized carbons (Fsp3) is 0.500. The Kier molecular flexibility index (Phi) is 1.49. The van der Waals surface area contributed by atoms with Crippen molar-refractivity contribution in [3.8, 4) is 0 Å². The van der Waals surface area contributed by atoms with Gasteiger partial charge in [-0.2, -0.15) is 0 Å². The van der Waals surface area contributed by atoms with E-state index in [-0.39, 0.29) is 0 Å². The van der Waals surface area contributed by atoms with Gasteiger partial charge in [0.05, 0.1) is 1.37 Å². The van der Waals surface area contributed by atoms with Gasteiger partial charge in [0.1, 0.15) is 5.82 Å². The van der Waals surface area contributed by atoms with Crippen LogP contribution in [0.4, 0.5) is 5.82 Å². The minimum Gasteiger partial charge on any atom is -0.354 e. The van der Waals surface area contributed by atoms with E-state index in [1.54, 1.807) is 12.3 Å². The highest BCUT2D eigenvalue weighted by molar-refractivity contribution is 5.52. The quantitative estimate of drug-likeness (QED) is 0.629. The third kappa shape index (κ3) is 1.07. The van der Waals surface area contributed by atoms with Crippen LogP contribution in [0.1, 0.15) is 20.8 Å². The minimum absolute atomic E-state index is 0.482. The molecule has 0 fully saturated rings. The maximum absolute atomic E-state index is 7.72. The highest BCUT2D eigenvalue weighted by atomic mass is 15.2. The first-order valence-corrected chi connectivity index (χ1v) is 4.41. The number of rotatable bonds is 1. The molecule has 0 amide bonds. The fourth-order valence-electron chi connectivity index (χ4n) is 1.66. The highest BCUT2D eigenvalue weighted by Gasteiger charge is 2.21. The molecule has 0 saturated heterocycles. The van der Waals surface area contributed by atoms with E-state index in [9.17, 15) is 0 Å². The van der Waals surface area contributed by atoms with Crippen molar-refractivity contribution in [2.75, 3.05) is 11.4 Å². The normalized spacial score (nSPS) is 16.6. The molecule has 1 aliphatic rings. The Bertz CT molecular complexity index is 323. The van der Waals surface area contributed by atoms with Gasteiger partial charge in [-0.3, -0.25) is 0 Å². The van der Waals surface area contributed by atoms with Crippen LogP contribution in [0.15, 0.2) is 18.3 Å². The van der Waals surface area contributed by atoms with Gasteiger partial charge < -0.3 is 4.90 Å². The van der Waals surface area contributed by atoms with Crippen LogP contribution in [0.2, 0.25) is 0 Å². The predicted octanol–water partition coefficient (Wildman–Crippen LogP) is 1.85. The van der Waals surface area contributed by atoms with Crippen molar-refractivity contribution in [2.45, 2.75) is 26.3 Å². The average Bonchev–Trinajstić information content (AvgIpc) is 2.48. The van der Waals surface area contributed by atoms with E-state index in [0.717, 1.165) is 24.3 Å². The number of hydrogen-bond donors (Lipinski definition) is 0. The summed E-state index contributed by atoms with van der Waals surface area (Å²) < 4.78 is 7.72. The van der Waals surface area contributed by atoms with E-state index in [2.05, 4.69) is 23.7 Å². The molecule has 0 unspecified atom stereocenters. The van der Waals surface area contributed by atoms with Crippen molar-refractivity contribution < 1.29 is 1.37 Å². The summed E-state index contributed by atoms with van der Waals surface area (Å²) in [5.74, 6) is 1.02. The lowest BCUT2D eigenvalue weighted by molar-refractivity contribution is 0.703. The molecular weight excluding hydrogens is 148 g/mol. The van der Waals surface area contributed by atoms with Crippen molar-refractivity contribution in [1.29, 1.82) is 0 Å². The second-order valence-electron chi connectivity index (χ2n) is 3.43. The molecule has 0 aliphatic carbocycles. The van der Waals surface area contributed by atoms with Crippen LogP contribution >= 0.6 is 0 Å². The van der Waals surface area contributed by atoms with E-state index in [1.807, 2.05) is 0 Å².